The molecule has 0 aliphatic carbocycles. The van der Waals surface area contributed by atoms with Gasteiger partial charge in [0.15, 0.2) is 0 Å². The number of anilines is 1. The molecule has 2 amide bonds. The minimum Gasteiger partial charge on any atom is -0.351 e. The van der Waals surface area contributed by atoms with Crippen LogP contribution >= 0.6 is 0 Å². The molecule has 1 saturated heterocycles. The maximum Gasteiger partial charge on any atom is 0.271 e. The largest absolute Gasteiger partial charge is 0.351 e. The summed E-state index contributed by atoms with van der Waals surface area (Å²) < 4.78 is 0. The van der Waals surface area contributed by atoms with E-state index in [2.05, 4.69) is 20.4 Å². The highest BCUT2D eigenvalue weighted by molar-refractivity contribution is 5.91. The first-order valence-corrected chi connectivity index (χ1v) is 10.3. The van der Waals surface area contributed by atoms with Gasteiger partial charge in [0.05, 0.1) is 11.5 Å². The maximum atomic E-state index is 12.2. The quantitative estimate of drug-likeness (QED) is 0.469. The van der Waals surface area contributed by atoms with Gasteiger partial charge in [-0.15, -0.1) is 0 Å². The Labute approximate surface area is 181 Å². The lowest BCUT2D eigenvalue weighted by atomic mass is 10.2. The molecule has 0 aromatic heterocycles. The number of carbonyl (C=O) groups is 2. The normalized spacial score (nSPS) is 14.7. The van der Waals surface area contributed by atoms with Crippen molar-refractivity contribution in [2.75, 3.05) is 44.6 Å². The number of hydrogen-bond acceptors (Lipinski definition) is 6. The Morgan fingerprint density at radius 2 is 1.65 bits per heavy atom. The minimum absolute atomic E-state index is 0.00800. The van der Waals surface area contributed by atoms with Crippen LogP contribution in [0.4, 0.5) is 11.4 Å². The predicted octanol–water partition coefficient (Wildman–Crippen LogP) is 1.86. The van der Waals surface area contributed by atoms with Gasteiger partial charge in [-0.2, -0.15) is 0 Å². The lowest BCUT2D eigenvalue weighted by Crippen LogP contribution is -2.49. The van der Waals surface area contributed by atoms with Crippen LogP contribution in [0.25, 0.3) is 0 Å². The number of hydrogen-bond donors (Lipinski definition) is 2. The van der Waals surface area contributed by atoms with Crippen LogP contribution in [0.3, 0.4) is 0 Å². The molecule has 1 aliphatic rings. The summed E-state index contributed by atoms with van der Waals surface area (Å²) >= 11 is 0. The molecule has 164 valence electrons. The van der Waals surface area contributed by atoms with Gasteiger partial charge in [0.2, 0.25) is 11.8 Å². The lowest BCUT2D eigenvalue weighted by molar-refractivity contribution is -0.384. The molecule has 0 bridgehead atoms. The molecular formula is C22H27N5O4. The monoisotopic (exact) mass is 425 g/mol. The third-order valence-electron chi connectivity index (χ3n) is 5.16. The average molecular weight is 425 g/mol. The summed E-state index contributed by atoms with van der Waals surface area (Å²) in [5.74, 6) is -0.170. The van der Waals surface area contributed by atoms with Crippen molar-refractivity contribution < 1.29 is 14.5 Å². The molecule has 0 atom stereocenters. The van der Waals surface area contributed by atoms with Gasteiger partial charge in [0, 0.05) is 63.5 Å². The molecule has 1 aliphatic heterocycles. The van der Waals surface area contributed by atoms with Crippen molar-refractivity contribution in [2.24, 2.45) is 0 Å². The fourth-order valence-corrected chi connectivity index (χ4v) is 3.41. The molecule has 0 radical (unpaired) electrons. The first kappa shape index (κ1) is 22.4. The van der Waals surface area contributed by atoms with E-state index in [1.54, 1.807) is 12.1 Å². The Bertz CT molecular complexity index is 898. The second kappa shape index (κ2) is 11.2. The van der Waals surface area contributed by atoms with Gasteiger partial charge in [-0.25, -0.2) is 0 Å². The zero-order chi connectivity index (χ0) is 22.1. The zero-order valence-corrected chi connectivity index (χ0v) is 17.3. The summed E-state index contributed by atoms with van der Waals surface area (Å²) in [6.45, 7) is 4.62. The van der Waals surface area contributed by atoms with E-state index in [0.717, 1.165) is 31.7 Å². The molecule has 1 heterocycles. The number of amides is 2. The van der Waals surface area contributed by atoms with Gasteiger partial charge in [-0.3, -0.25) is 24.6 Å². The number of nitro benzene ring substituents is 1. The summed E-state index contributed by atoms with van der Waals surface area (Å²) in [5.41, 5.74) is 1.44. The van der Waals surface area contributed by atoms with Gasteiger partial charge in [0.25, 0.3) is 5.69 Å². The van der Waals surface area contributed by atoms with E-state index in [1.165, 1.54) is 12.1 Å². The van der Waals surface area contributed by atoms with Crippen molar-refractivity contribution in [1.29, 1.82) is 0 Å². The molecule has 31 heavy (non-hydrogen) atoms. The van der Waals surface area contributed by atoms with E-state index in [0.29, 0.717) is 31.7 Å². The van der Waals surface area contributed by atoms with E-state index in [-0.39, 0.29) is 17.5 Å². The maximum absolute atomic E-state index is 12.2. The van der Waals surface area contributed by atoms with E-state index in [9.17, 15) is 19.7 Å². The van der Waals surface area contributed by atoms with Gasteiger partial charge in [0.1, 0.15) is 0 Å². The highest BCUT2D eigenvalue weighted by Gasteiger charge is 2.19. The fraction of sp³-hybridized carbons (Fsp3) is 0.364. The van der Waals surface area contributed by atoms with Crippen molar-refractivity contribution in [3.63, 3.8) is 0 Å². The van der Waals surface area contributed by atoms with Gasteiger partial charge < -0.3 is 15.5 Å². The highest BCUT2D eigenvalue weighted by atomic mass is 16.6. The molecule has 0 unspecified atom stereocenters. The molecule has 0 saturated carbocycles. The minimum atomic E-state index is -0.489. The number of rotatable bonds is 9. The number of benzene rings is 2. The smallest absolute Gasteiger partial charge is 0.271 e. The van der Waals surface area contributed by atoms with Crippen molar-refractivity contribution in [3.8, 4) is 0 Å². The second-order valence-electron chi connectivity index (χ2n) is 7.49. The zero-order valence-electron chi connectivity index (χ0n) is 17.3. The summed E-state index contributed by atoms with van der Waals surface area (Å²) in [5, 5.41) is 16.5. The van der Waals surface area contributed by atoms with E-state index in [1.807, 2.05) is 30.3 Å². The molecule has 2 aromatic carbocycles. The first-order valence-electron chi connectivity index (χ1n) is 10.3. The van der Waals surface area contributed by atoms with E-state index in [4.69, 9.17) is 0 Å². The third kappa shape index (κ3) is 7.47. The summed E-state index contributed by atoms with van der Waals surface area (Å²) in [6, 6.07) is 15.7. The molecule has 0 spiro atoms. The molecule has 1 fully saturated rings. The molecule has 9 heteroatoms. The lowest BCUT2D eigenvalue weighted by Gasteiger charge is -2.34. The van der Waals surface area contributed by atoms with Gasteiger partial charge in [-0.1, -0.05) is 36.4 Å². The number of nitrogens with one attached hydrogen (secondary N) is 2. The summed E-state index contributed by atoms with van der Waals surface area (Å²) in [4.78, 5) is 39.0. The van der Waals surface area contributed by atoms with Crippen LogP contribution in [0.5, 0.6) is 0 Å². The van der Waals surface area contributed by atoms with Crippen LogP contribution in [0, 0.1) is 10.1 Å². The summed E-state index contributed by atoms with van der Waals surface area (Å²) in [7, 11) is 0. The number of piperazine rings is 1. The van der Waals surface area contributed by atoms with E-state index >= 15 is 0 Å². The van der Waals surface area contributed by atoms with Crippen LogP contribution in [-0.4, -0.2) is 65.8 Å². The van der Waals surface area contributed by atoms with E-state index < -0.39 is 4.92 Å². The Kier molecular flexibility index (Phi) is 8.08. The highest BCUT2D eigenvalue weighted by Crippen LogP contribution is 2.17. The fourth-order valence-electron chi connectivity index (χ4n) is 3.41. The third-order valence-corrected chi connectivity index (χ3v) is 5.16. The summed E-state index contributed by atoms with van der Waals surface area (Å²) in [6.07, 6.45) is 0.306. The average Bonchev–Trinajstić information content (AvgIpc) is 2.78. The van der Waals surface area contributed by atoms with Crippen molar-refractivity contribution >= 4 is 23.2 Å². The molecule has 2 N–H and O–H groups in total. The standard InChI is InChI=1S/C22H27N5O4/c28-21(24-19-7-4-8-20(15-19)27(30)31)9-10-25-11-13-26(14-12-25)17-22(29)23-16-18-5-2-1-3-6-18/h1-8,15H,9-14,16-17H2,(H,23,29)(H,24,28). The van der Waals surface area contributed by atoms with Gasteiger partial charge in [-0.05, 0) is 11.6 Å². The molecule has 3 rings (SSSR count). The second-order valence-corrected chi connectivity index (χ2v) is 7.49. The molecular weight excluding hydrogens is 398 g/mol. The van der Waals surface area contributed by atoms with Crippen molar-refractivity contribution in [3.05, 3.63) is 70.3 Å². The first-order chi connectivity index (χ1) is 15.0. The van der Waals surface area contributed by atoms with Crippen LogP contribution in [-0.2, 0) is 16.1 Å². The van der Waals surface area contributed by atoms with Gasteiger partial charge >= 0.3 is 0 Å². The van der Waals surface area contributed by atoms with Crippen LogP contribution in [0.1, 0.15) is 12.0 Å². The van der Waals surface area contributed by atoms with Crippen LogP contribution < -0.4 is 10.6 Å². The Morgan fingerprint density at radius 1 is 0.935 bits per heavy atom. The number of nitrogens with zero attached hydrogens (tertiary/aromatic N) is 3. The SMILES string of the molecule is O=C(CN1CCN(CCC(=O)Nc2cccc([N+](=O)[O-])c2)CC1)NCc1ccccc1. The Balaban J connectivity index is 1.32. The molecule has 2 aromatic rings. The van der Waals surface area contributed by atoms with Crippen molar-refractivity contribution in [1.82, 2.24) is 15.1 Å². The van der Waals surface area contributed by atoms with Crippen molar-refractivity contribution in [2.45, 2.75) is 13.0 Å². The number of non-ortho nitro benzene ring substituents is 1. The van der Waals surface area contributed by atoms with Crippen LogP contribution in [0.15, 0.2) is 54.6 Å². The number of carbonyl (C=O) groups excluding carboxylic acids is 2. The molecule has 9 nitrogen and oxygen atoms in total. The Morgan fingerprint density at radius 3 is 2.35 bits per heavy atom. The number of nitro groups is 1. The Hall–Kier alpha value is -3.30. The topological polar surface area (TPSA) is 108 Å². The predicted molar refractivity (Wildman–Crippen MR) is 118 cm³/mol. The van der Waals surface area contributed by atoms with Crippen LogP contribution in [0.2, 0.25) is 0 Å².